The second-order valence-corrected chi connectivity index (χ2v) is 6.55. The Morgan fingerprint density at radius 3 is 2.62 bits per heavy atom. The Morgan fingerprint density at radius 1 is 1.33 bits per heavy atom. The van der Waals surface area contributed by atoms with Crippen LogP contribution in [0.3, 0.4) is 0 Å². The maximum absolute atomic E-state index is 11.4. The van der Waals surface area contributed by atoms with Gasteiger partial charge >= 0.3 is 7.12 Å². The minimum absolute atomic E-state index is 0.00831. The van der Waals surface area contributed by atoms with Crippen molar-refractivity contribution in [3.63, 3.8) is 0 Å². The predicted octanol–water partition coefficient (Wildman–Crippen LogP) is 2.37. The Kier molecular flexibility index (Phi) is 4.74. The zero-order chi connectivity index (χ0) is 15.6. The van der Waals surface area contributed by atoms with Crippen LogP contribution in [-0.4, -0.2) is 31.7 Å². The number of benzene rings is 1. The van der Waals surface area contributed by atoms with Crippen LogP contribution >= 0.6 is 0 Å². The molecular formula is C16H23BO4. The number of rotatable bonds is 5. The number of carbonyl (C=O) groups is 1. The second kappa shape index (κ2) is 6.20. The van der Waals surface area contributed by atoms with Gasteiger partial charge < -0.3 is 14.0 Å². The monoisotopic (exact) mass is 290 g/mol. The first-order valence-electron chi connectivity index (χ1n) is 7.38. The van der Waals surface area contributed by atoms with E-state index >= 15 is 0 Å². The zero-order valence-corrected chi connectivity index (χ0v) is 13.4. The van der Waals surface area contributed by atoms with Gasteiger partial charge in [-0.2, -0.15) is 0 Å². The van der Waals surface area contributed by atoms with E-state index < -0.39 is 7.12 Å². The summed E-state index contributed by atoms with van der Waals surface area (Å²) in [5.41, 5.74) is 2.03. The highest BCUT2D eigenvalue weighted by Crippen LogP contribution is 2.25. The van der Waals surface area contributed by atoms with E-state index in [4.69, 9.17) is 14.0 Å². The molecule has 0 saturated heterocycles. The van der Waals surface area contributed by atoms with Crippen LogP contribution < -0.4 is 10.2 Å². The number of ether oxygens (including phenoxy) is 1. The maximum atomic E-state index is 11.4. The van der Waals surface area contributed by atoms with Gasteiger partial charge in [0.1, 0.15) is 12.0 Å². The summed E-state index contributed by atoms with van der Waals surface area (Å²) in [6.07, 6.45) is 1.69. The number of aldehydes is 1. The van der Waals surface area contributed by atoms with Crippen molar-refractivity contribution < 1.29 is 18.8 Å². The maximum Gasteiger partial charge on any atom is 0.495 e. The molecule has 1 aromatic carbocycles. The molecule has 0 radical (unpaired) electrons. The van der Waals surface area contributed by atoms with Crippen molar-refractivity contribution in [3.8, 4) is 5.75 Å². The van der Waals surface area contributed by atoms with E-state index in [-0.39, 0.29) is 11.7 Å². The molecule has 0 fully saturated rings. The summed E-state index contributed by atoms with van der Waals surface area (Å²) in [4.78, 5) is 11.4. The summed E-state index contributed by atoms with van der Waals surface area (Å²) >= 11 is 0. The largest absolute Gasteiger partial charge is 0.495 e. The molecule has 0 spiro atoms. The molecule has 1 aromatic rings. The average Bonchev–Trinajstić information content (AvgIpc) is 2.81. The highest BCUT2D eigenvalue weighted by atomic mass is 16.6. The minimum atomic E-state index is -0.584. The Bertz CT molecular complexity index is 520. The summed E-state index contributed by atoms with van der Waals surface area (Å²) in [6.45, 7) is 10.5. The van der Waals surface area contributed by atoms with Gasteiger partial charge in [-0.15, -0.1) is 0 Å². The molecule has 0 atom stereocenters. The SMILES string of the molecule is CC(C)OB(OC(C)(C)C)c1cc2c(cc1C=O)CCO2. The van der Waals surface area contributed by atoms with Crippen LogP contribution in [0.1, 0.15) is 50.5 Å². The normalized spacial score (nSPS) is 14.0. The number of hydrogen-bond donors (Lipinski definition) is 0. The van der Waals surface area contributed by atoms with Crippen LogP contribution in [0.5, 0.6) is 5.75 Å². The van der Waals surface area contributed by atoms with E-state index in [0.717, 1.165) is 29.5 Å². The van der Waals surface area contributed by atoms with Crippen LogP contribution in [0.25, 0.3) is 0 Å². The van der Waals surface area contributed by atoms with Crippen molar-refractivity contribution in [1.82, 2.24) is 0 Å². The fraction of sp³-hybridized carbons (Fsp3) is 0.562. The summed E-state index contributed by atoms with van der Waals surface area (Å²) in [5, 5.41) is 0. The van der Waals surface area contributed by atoms with Crippen molar-refractivity contribution in [2.45, 2.75) is 52.7 Å². The lowest BCUT2D eigenvalue weighted by molar-refractivity contribution is 0.0754. The predicted molar refractivity (Wildman–Crippen MR) is 83.5 cm³/mol. The lowest BCUT2D eigenvalue weighted by Crippen LogP contribution is -2.45. The molecule has 0 bridgehead atoms. The van der Waals surface area contributed by atoms with Gasteiger partial charge in [0.25, 0.3) is 0 Å². The molecule has 0 N–H and O–H groups in total. The van der Waals surface area contributed by atoms with Gasteiger partial charge in [-0.1, -0.05) is 0 Å². The van der Waals surface area contributed by atoms with E-state index in [9.17, 15) is 4.79 Å². The molecular weight excluding hydrogens is 267 g/mol. The molecule has 0 aromatic heterocycles. The molecule has 4 nitrogen and oxygen atoms in total. The summed E-state index contributed by atoms with van der Waals surface area (Å²) < 4.78 is 17.5. The molecule has 2 rings (SSSR count). The summed E-state index contributed by atoms with van der Waals surface area (Å²) in [5.74, 6) is 0.825. The molecule has 114 valence electrons. The topological polar surface area (TPSA) is 44.8 Å². The molecule has 1 heterocycles. The Labute approximate surface area is 126 Å². The summed E-state index contributed by atoms with van der Waals surface area (Å²) in [7, 11) is -0.584. The highest BCUT2D eigenvalue weighted by Gasteiger charge is 2.32. The molecule has 21 heavy (non-hydrogen) atoms. The van der Waals surface area contributed by atoms with E-state index in [1.165, 1.54) is 0 Å². The Balaban J connectivity index is 2.40. The Hall–Kier alpha value is -1.33. The lowest BCUT2D eigenvalue weighted by Gasteiger charge is -2.27. The van der Waals surface area contributed by atoms with Gasteiger partial charge in [0.15, 0.2) is 0 Å². The minimum Gasteiger partial charge on any atom is -0.493 e. The van der Waals surface area contributed by atoms with Crippen LogP contribution in [0.15, 0.2) is 12.1 Å². The first-order valence-corrected chi connectivity index (χ1v) is 7.38. The number of fused-ring (bicyclic) bond motifs is 1. The van der Waals surface area contributed by atoms with E-state index in [1.54, 1.807) is 0 Å². The van der Waals surface area contributed by atoms with Crippen molar-refractivity contribution in [2.75, 3.05) is 6.61 Å². The first kappa shape index (κ1) is 16.1. The molecule has 5 heteroatoms. The molecule has 1 aliphatic rings. The van der Waals surface area contributed by atoms with Gasteiger partial charge in [0, 0.05) is 23.7 Å². The van der Waals surface area contributed by atoms with Crippen molar-refractivity contribution >= 4 is 18.9 Å². The third-order valence-corrected chi connectivity index (χ3v) is 3.13. The smallest absolute Gasteiger partial charge is 0.493 e. The third kappa shape index (κ3) is 4.08. The van der Waals surface area contributed by atoms with E-state index in [0.29, 0.717) is 12.2 Å². The summed E-state index contributed by atoms with van der Waals surface area (Å²) in [6, 6.07) is 3.76. The molecule has 1 aliphatic heterocycles. The third-order valence-electron chi connectivity index (χ3n) is 3.13. The molecule has 0 aliphatic carbocycles. The number of hydrogen-bond acceptors (Lipinski definition) is 4. The fourth-order valence-corrected chi connectivity index (χ4v) is 2.30. The second-order valence-electron chi connectivity index (χ2n) is 6.55. The highest BCUT2D eigenvalue weighted by molar-refractivity contribution is 6.63. The van der Waals surface area contributed by atoms with Crippen molar-refractivity contribution in [2.24, 2.45) is 0 Å². The van der Waals surface area contributed by atoms with Gasteiger partial charge in [0.05, 0.1) is 6.61 Å². The Morgan fingerprint density at radius 2 is 2.05 bits per heavy atom. The average molecular weight is 290 g/mol. The quantitative estimate of drug-likeness (QED) is 0.617. The van der Waals surface area contributed by atoms with Crippen LogP contribution in [0.4, 0.5) is 0 Å². The standard InChI is InChI=1S/C16H23BO4/c1-11(2)20-17(21-16(3,4)5)14-9-15-12(6-7-19-15)8-13(14)10-18/h8-11H,6-7H2,1-5H3. The van der Waals surface area contributed by atoms with Gasteiger partial charge in [0.2, 0.25) is 0 Å². The lowest BCUT2D eigenvalue weighted by atomic mass is 9.74. The molecule has 0 amide bonds. The fourth-order valence-electron chi connectivity index (χ4n) is 2.30. The molecule has 0 unspecified atom stereocenters. The van der Waals surface area contributed by atoms with Crippen molar-refractivity contribution in [3.05, 3.63) is 23.3 Å². The van der Waals surface area contributed by atoms with Crippen LogP contribution in [0.2, 0.25) is 0 Å². The van der Waals surface area contributed by atoms with Crippen LogP contribution in [0, 0.1) is 0 Å². The zero-order valence-electron chi connectivity index (χ0n) is 13.4. The van der Waals surface area contributed by atoms with E-state index in [1.807, 2.05) is 46.8 Å². The van der Waals surface area contributed by atoms with Gasteiger partial charge in [-0.3, -0.25) is 4.79 Å². The van der Waals surface area contributed by atoms with Gasteiger partial charge in [-0.05, 0) is 57.8 Å². The van der Waals surface area contributed by atoms with Crippen LogP contribution in [-0.2, 0) is 15.7 Å². The first-order chi connectivity index (χ1) is 9.80. The van der Waals surface area contributed by atoms with E-state index in [2.05, 4.69) is 0 Å². The van der Waals surface area contributed by atoms with Gasteiger partial charge in [-0.25, -0.2) is 0 Å². The number of carbonyl (C=O) groups excluding carboxylic acids is 1. The van der Waals surface area contributed by atoms with Crippen molar-refractivity contribution in [1.29, 1.82) is 0 Å². The molecule has 0 saturated carbocycles.